The second kappa shape index (κ2) is 10.8. The summed E-state index contributed by atoms with van der Waals surface area (Å²) in [5, 5.41) is 2.63. The van der Waals surface area contributed by atoms with Gasteiger partial charge < -0.3 is 19.5 Å². The Balaban J connectivity index is 1.85. The second-order valence-corrected chi connectivity index (χ2v) is 8.93. The van der Waals surface area contributed by atoms with Gasteiger partial charge in [0.25, 0.3) is 0 Å². The van der Waals surface area contributed by atoms with Gasteiger partial charge in [-0.1, -0.05) is 28.1 Å². The quantitative estimate of drug-likeness (QED) is 0.452. The summed E-state index contributed by atoms with van der Waals surface area (Å²) >= 11 is 3.40. The number of carbonyl (C=O) groups excluding carboxylic acids is 2. The summed E-state index contributed by atoms with van der Waals surface area (Å²) in [4.78, 5) is 24.7. The van der Waals surface area contributed by atoms with Crippen LogP contribution in [-0.4, -0.2) is 36.4 Å². The number of amides is 1. The smallest absolute Gasteiger partial charge is 0.408 e. The Morgan fingerprint density at radius 3 is 2.43 bits per heavy atom. The molecule has 1 saturated carbocycles. The number of esters is 1. The van der Waals surface area contributed by atoms with Crippen molar-refractivity contribution in [3.05, 3.63) is 34.3 Å². The summed E-state index contributed by atoms with van der Waals surface area (Å²) < 4.78 is 17.5. The molecule has 0 radical (unpaired) electrons. The maximum absolute atomic E-state index is 12.5. The zero-order valence-corrected chi connectivity index (χ0v) is 18.4. The number of alkyl carbamates (subject to hydrolysis) is 1. The molecule has 7 heteroatoms. The van der Waals surface area contributed by atoms with E-state index in [4.69, 9.17) is 14.2 Å². The van der Waals surface area contributed by atoms with Gasteiger partial charge in [0.2, 0.25) is 0 Å². The lowest BCUT2D eigenvalue weighted by atomic mass is 10.2. The molecule has 2 rings (SSSR count). The van der Waals surface area contributed by atoms with Crippen LogP contribution in [0.5, 0.6) is 0 Å². The maximum atomic E-state index is 12.5. The molecular weight excluding hydrogens is 426 g/mol. The number of benzene rings is 1. The SMILES string of the molecule is CC(C)(C)OC(=O)N[C@@H](CCOCc1ccc(Br)cc1)C(=O)OC1CCCC1. The number of nitrogens with one attached hydrogen (secondary N) is 1. The first-order valence-corrected chi connectivity index (χ1v) is 10.5. The molecule has 1 amide bonds. The van der Waals surface area contributed by atoms with Crippen molar-refractivity contribution >= 4 is 28.0 Å². The van der Waals surface area contributed by atoms with Gasteiger partial charge in [0, 0.05) is 17.5 Å². The lowest BCUT2D eigenvalue weighted by Crippen LogP contribution is -2.45. The van der Waals surface area contributed by atoms with Crippen molar-refractivity contribution in [2.45, 2.75) is 77.2 Å². The third kappa shape index (κ3) is 8.61. The number of rotatable bonds is 8. The molecule has 1 aliphatic carbocycles. The maximum Gasteiger partial charge on any atom is 0.408 e. The molecular formula is C21H30BrNO5. The van der Waals surface area contributed by atoms with Crippen molar-refractivity contribution < 1.29 is 23.8 Å². The van der Waals surface area contributed by atoms with E-state index in [2.05, 4.69) is 21.2 Å². The van der Waals surface area contributed by atoms with E-state index < -0.39 is 23.7 Å². The number of hydrogen-bond donors (Lipinski definition) is 1. The van der Waals surface area contributed by atoms with Crippen LogP contribution in [0.2, 0.25) is 0 Å². The van der Waals surface area contributed by atoms with Crippen molar-refractivity contribution in [3.63, 3.8) is 0 Å². The summed E-state index contributed by atoms with van der Waals surface area (Å²) in [6.07, 6.45) is 3.53. The Labute approximate surface area is 175 Å². The highest BCUT2D eigenvalue weighted by atomic mass is 79.9. The lowest BCUT2D eigenvalue weighted by molar-refractivity contribution is -0.151. The monoisotopic (exact) mass is 455 g/mol. The van der Waals surface area contributed by atoms with Crippen molar-refractivity contribution in [2.24, 2.45) is 0 Å². The van der Waals surface area contributed by atoms with Crippen LogP contribution in [0.1, 0.15) is 58.4 Å². The number of ether oxygens (including phenoxy) is 3. The van der Waals surface area contributed by atoms with Crippen LogP contribution in [0.4, 0.5) is 4.79 Å². The molecule has 1 fully saturated rings. The van der Waals surface area contributed by atoms with Crippen LogP contribution in [0.15, 0.2) is 28.7 Å². The average Bonchev–Trinajstić information content (AvgIpc) is 3.10. The minimum atomic E-state index is -0.791. The molecule has 0 bridgehead atoms. The van der Waals surface area contributed by atoms with Crippen molar-refractivity contribution in [2.75, 3.05) is 6.61 Å². The fraction of sp³-hybridized carbons (Fsp3) is 0.619. The Hall–Kier alpha value is -1.60. The van der Waals surface area contributed by atoms with Crippen LogP contribution in [0.3, 0.4) is 0 Å². The predicted octanol–water partition coefficient (Wildman–Crippen LogP) is 4.73. The van der Waals surface area contributed by atoms with Gasteiger partial charge in [-0.2, -0.15) is 0 Å². The molecule has 1 N–H and O–H groups in total. The molecule has 1 aliphatic rings. The molecule has 156 valence electrons. The lowest BCUT2D eigenvalue weighted by Gasteiger charge is -2.24. The standard InChI is InChI=1S/C21H30BrNO5/c1-21(2,3)28-20(25)23-18(19(24)27-17-6-4-5-7-17)12-13-26-14-15-8-10-16(22)11-9-15/h8-11,17-18H,4-7,12-14H2,1-3H3,(H,23,25)/t18-/m0/s1. The molecule has 0 aromatic heterocycles. The second-order valence-electron chi connectivity index (χ2n) is 8.01. The van der Waals surface area contributed by atoms with Gasteiger partial charge in [-0.25, -0.2) is 9.59 Å². The topological polar surface area (TPSA) is 73.9 Å². The summed E-state index contributed by atoms with van der Waals surface area (Å²) in [6.45, 7) is 6.08. The summed E-state index contributed by atoms with van der Waals surface area (Å²) in [5.74, 6) is -0.426. The molecule has 28 heavy (non-hydrogen) atoms. The first kappa shape index (κ1) is 22.7. The van der Waals surface area contributed by atoms with E-state index in [9.17, 15) is 9.59 Å². The number of halogens is 1. The summed E-state index contributed by atoms with van der Waals surface area (Å²) in [6, 6.07) is 7.04. The van der Waals surface area contributed by atoms with Gasteiger partial charge in [-0.3, -0.25) is 0 Å². The van der Waals surface area contributed by atoms with E-state index in [1.807, 2.05) is 24.3 Å². The molecule has 0 spiro atoms. The van der Waals surface area contributed by atoms with Crippen LogP contribution < -0.4 is 5.32 Å². The Kier molecular flexibility index (Phi) is 8.76. The van der Waals surface area contributed by atoms with Gasteiger partial charge in [0.1, 0.15) is 17.7 Å². The minimum Gasteiger partial charge on any atom is -0.461 e. The van der Waals surface area contributed by atoms with E-state index >= 15 is 0 Å². The molecule has 1 aromatic rings. The van der Waals surface area contributed by atoms with Gasteiger partial charge >= 0.3 is 12.1 Å². The number of hydrogen-bond acceptors (Lipinski definition) is 5. The van der Waals surface area contributed by atoms with Gasteiger partial charge in [-0.05, 0) is 64.2 Å². The Morgan fingerprint density at radius 1 is 1.18 bits per heavy atom. The zero-order chi connectivity index (χ0) is 20.6. The van der Waals surface area contributed by atoms with E-state index in [0.717, 1.165) is 35.7 Å². The average molecular weight is 456 g/mol. The predicted molar refractivity (Wildman–Crippen MR) is 110 cm³/mol. The van der Waals surface area contributed by atoms with Crippen LogP contribution in [-0.2, 0) is 25.6 Å². The molecule has 0 saturated heterocycles. The van der Waals surface area contributed by atoms with Crippen molar-refractivity contribution in [1.82, 2.24) is 5.32 Å². The van der Waals surface area contributed by atoms with E-state index in [1.54, 1.807) is 20.8 Å². The van der Waals surface area contributed by atoms with E-state index in [0.29, 0.717) is 19.6 Å². The highest BCUT2D eigenvalue weighted by Gasteiger charge is 2.28. The van der Waals surface area contributed by atoms with Gasteiger partial charge in [0.15, 0.2) is 0 Å². The fourth-order valence-corrected chi connectivity index (χ4v) is 3.19. The van der Waals surface area contributed by atoms with Crippen LogP contribution in [0.25, 0.3) is 0 Å². The normalized spacial score (nSPS) is 15.9. The van der Waals surface area contributed by atoms with Crippen molar-refractivity contribution in [3.8, 4) is 0 Å². The molecule has 0 unspecified atom stereocenters. The van der Waals surface area contributed by atoms with Crippen LogP contribution >= 0.6 is 15.9 Å². The Bertz CT molecular complexity index is 635. The van der Waals surface area contributed by atoms with Crippen molar-refractivity contribution in [1.29, 1.82) is 0 Å². The number of carbonyl (C=O) groups is 2. The van der Waals surface area contributed by atoms with Crippen LogP contribution in [0, 0.1) is 0 Å². The first-order chi connectivity index (χ1) is 13.2. The highest BCUT2D eigenvalue weighted by Crippen LogP contribution is 2.21. The highest BCUT2D eigenvalue weighted by molar-refractivity contribution is 9.10. The molecule has 6 nitrogen and oxygen atoms in total. The Morgan fingerprint density at radius 2 is 1.82 bits per heavy atom. The minimum absolute atomic E-state index is 0.0564. The summed E-state index contributed by atoms with van der Waals surface area (Å²) in [7, 11) is 0. The largest absolute Gasteiger partial charge is 0.461 e. The van der Waals surface area contributed by atoms with Gasteiger partial charge in [0.05, 0.1) is 6.61 Å². The summed E-state index contributed by atoms with van der Waals surface area (Å²) in [5.41, 5.74) is 0.399. The third-order valence-corrected chi connectivity index (χ3v) is 4.82. The molecule has 1 aromatic carbocycles. The molecule has 0 heterocycles. The molecule has 1 atom stereocenters. The first-order valence-electron chi connectivity index (χ1n) is 9.75. The van der Waals surface area contributed by atoms with E-state index in [-0.39, 0.29) is 6.10 Å². The zero-order valence-electron chi connectivity index (χ0n) is 16.8. The molecule has 0 aliphatic heterocycles. The van der Waals surface area contributed by atoms with E-state index in [1.165, 1.54) is 0 Å². The third-order valence-electron chi connectivity index (χ3n) is 4.29. The van der Waals surface area contributed by atoms with Gasteiger partial charge in [-0.15, -0.1) is 0 Å². The fourth-order valence-electron chi connectivity index (χ4n) is 2.92.